The molecule has 1 rings (SSSR count). The number of imide groups is 1. The molecular formula is C6H7N5O5. The average Bonchev–Trinajstić information content (AvgIpc) is 2.22. The second-order valence-electron chi connectivity index (χ2n) is 2.76. The van der Waals surface area contributed by atoms with Crippen molar-refractivity contribution in [2.75, 3.05) is 7.05 Å². The molecule has 10 nitrogen and oxygen atoms in total. The molecule has 1 saturated heterocycles. The Morgan fingerprint density at radius 3 is 2.75 bits per heavy atom. The van der Waals surface area contributed by atoms with Crippen LogP contribution in [-0.4, -0.2) is 47.1 Å². The van der Waals surface area contributed by atoms with Gasteiger partial charge in [0.2, 0.25) is 12.2 Å². The molecule has 0 radical (unpaired) electrons. The summed E-state index contributed by atoms with van der Waals surface area (Å²) in [6.45, 7) is 0. The third-order valence-electron chi connectivity index (χ3n) is 1.81. The molecule has 1 heterocycles. The van der Waals surface area contributed by atoms with Crippen molar-refractivity contribution >= 4 is 24.2 Å². The zero-order chi connectivity index (χ0) is 12.3. The minimum absolute atomic E-state index is 0.152. The first-order valence-electron chi connectivity index (χ1n) is 3.97. The first-order valence-corrected chi connectivity index (χ1v) is 3.97. The maximum absolute atomic E-state index is 11.4. The van der Waals surface area contributed by atoms with Gasteiger partial charge in [-0.15, -0.1) is 0 Å². The number of hydrogen-bond donors (Lipinski definition) is 2. The van der Waals surface area contributed by atoms with Crippen LogP contribution in [-0.2, 0) is 9.59 Å². The normalized spacial score (nSPS) is 22.9. The molecule has 16 heavy (non-hydrogen) atoms. The van der Waals surface area contributed by atoms with Crippen molar-refractivity contribution in [3.05, 3.63) is 10.1 Å². The molecule has 1 fully saturated rings. The van der Waals surface area contributed by atoms with Crippen LogP contribution < -0.4 is 10.7 Å². The standard InChI is InChI=1S/C6H7N5O5/c1-10-5(13)3(11(15)16)4(8-6(10)14)9-7-2-12/h2-3H,1H3,(H,7,12)(H,8,9,14). The molecule has 0 aromatic carbocycles. The smallest absolute Gasteiger partial charge is 0.288 e. The van der Waals surface area contributed by atoms with E-state index in [0.29, 0.717) is 4.90 Å². The van der Waals surface area contributed by atoms with Crippen LogP contribution in [0.3, 0.4) is 0 Å². The Morgan fingerprint density at radius 2 is 2.25 bits per heavy atom. The summed E-state index contributed by atoms with van der Waals surface area (Å²) in [4.78, 5) is 42.7. The predicted molar refractivity (Wildman–Crippen MR) is 48.7 cm³/mol. The average molecular weight is 229 g/mol. The molecule has 4 amide bonds. The fraction of sp³-hybridized carbons (Fsp3) is 0.333. The number of nitrogens with one attached hydrogen (secondary N) is 2. The fourth-order valence-electron chi connectivity index (χ4n) is 1.04. The Hall–Kier alpha value is -2.52. The van der Waals surface area contributed by atoms with Crippen molar-refractivity contribution in [2.24, 2.45) is 5.10 Å². The number of carbonyl (C=O) groups is 3. The van der Waals surface area contributed by atoms with Gasteiger partial charge in [-0.05, 0) is 0 Å². The minimum atomic E-state index is -1.82. The van der Waals surface area contributed by atoms with Crippen LogP contribution in [0.2, 0.25) is 0 Å². The maximum atomic E-state index is 11.4. The summed E-state index contributed by atoms with van der Waals surface area (Å²) in [5.41, 5.74) is 1.78. The second-order valence-corrected chi connectivity index (χ2v) is 2.76. The van der Waals surface area contributed by atoms with E-state index in [0.717, 1.165) is 7.05 Å². The van der Waals surface area contributed by atoms with E-state index in [1.54, 1.807) is 5.43 Å². The van der Waals surface area contributed by atoms with Crippen LogP contribution in [0.5, 0.6) is 0 Å². The highest BCUT2D eigenvalue weighted by molar-refractivity contribution is 6.19. The highest BCUT2D eigenvalue weighted by Gasteiger charge is 2.45. The van der Waals surface area contributed by atoms with Gasteiger partial charge in [0, 0.05) is 12.0 Å². The number of hydrazone groups is 1. The summed E-state index contributed by atoms with van der Waals surface area (Å²) in [5.74, 6) is -1.55. The van der Waals surface area contributed by atoms with Gasteiger partial charge in [-0.2, -0.15) is 5.10 Å². The first-order chi connectivity index (χ1) is 7.49. The van der Waals surface area contributed by atoms with Crippen LogP contribution in [0, 0.1) is 10.1 Å². The number of nitrogens with zero attached hydrogens (tertiary/aromatic N) is 3. The van der Waals surface area contributed by atoms with Gasteiger partial charge in [0.1, 0.15) is 0 Å². The molecule has 1 unspecified atom stereocenters. The van der Waals surface area contributed by atoms with Crippen LogP contribution in [0.4, 0.5) is 4.79 Å². The fourth-order valence-corrected chi connectivity index (χ4v) is 1.04. The van der Waals surface area contributed by atoms with Gasteiger partial charge in [-0.1, -0.05) is 0 Å². The van der Waals surface area contributed by atoms with Gasteiger partial charge in [0.25, 0.3) is 0 Å². The lowest BCUT2D eigenvalue weighted by Gasteiger charge is -2.24. The minimum Gasteiger partial charge on any atom is -0.288 e. The van der Waals surface area contributed by atoms with Crippen molar-refractivity contribution in [2.45, 2.75) is 6.04 Å². The van der Waals surface area contributed by atoms with Gasteiger partial charge in [-0.25, -0.2) is 10.2 Å². The van der Waals surface area contributed by atoms with E-state index in [1.165, 1.54) is 0 Å². The van der Waals surface area contributed by atoms with Gasteiger partial charge in [-0.3, -0.25) is 29.9 Å². The summed E-state index contributed by atoms with van der Waals surface area (Å²) < 4.78 is 0. The second kappa shape index (κ2) is 4.33. The summed E-state index contributed by atoms with van der Waals surface area (Å²) >= 11 is 0. The number of amides is 4. The summed E-state index contributed by atoms with van der Waals surface area (Å²) in [6.07, 6.45) is 0.152. The molecule has 0 aliphatic carbocycles. The molecule has 1 atom stereocenters. The topological polar surface area (TPSA) is 134 Å². The molecule has 0 spiro atoms. The SMILES string of the molecule is CN1C(=O)N/C(=N\NC=O)C([N+](=O)[O-])C1=O. The van der Waals surface area contributed by atoms with E-state index in [9.17, 15) is 24.5 Å². The lowest BCUT2D eigenvalue weighted by Crippen LogP contribution is -2.62. The monoisotopic (exact) mass is 229 g/mol. The molecular weight excluding hydrogens is 222 g/mol. The number of amidine groups is 1. The molecule has 1 aliphatic rings. The number of carbonyl (C=O) groups excluding carboxylic acids is 3. The third-order valence-corrected chi connectivity index (χ3v) is 1.81. The van der Waals surface area contributed by atoms with Crippen molar-refractivity contribution in [3.8, 4) is 0 Å². The molecule has 0 aromatic heterocycles. The molecule has 1 aliphatic heterocycles. The summed E-state index contributed by atoms with van der Waals surface area (Å²) in [5, 5.41) is 15.8. The zero-order valence-corrected chi connectivity index (χ0v) is 8.04. The van der Waals surface area contributed by atoms with Crippen molar-refractivity contribution < 1.29 is 19.3 Å². The zero-order valence-electron chi connectivity index (χ0n) is 8.04. The van der Waals surface area contributed by atoms with E-state index >= 15 is 0 Å². The van der Waals surface area contributed by atoms with Crippen LogP contribution in [0.1, 0.15) is 0 Å². The Balaban J connectivity index is 3.06. The van der Waals surface area contributed by atoms with Crippen LogP contribution in [0.15, 0.2) is 5.10 Å². The Kier molecular flexibility index (Phi) is 3.13. The number of rotatable bonds is 3. The van der Waals surface area contributed by atoms with Crippen molar-refractivity contribution in [1.82, 2.24) is 15.6 Å². The highest BCUT2D eigenvalue weighted by atomic mass is 16.6. The van der Waals surface area contributed by atoms with Gasteiger partial charge >= 0.3 is 18.0 Å². The van der Waals surface area contributed by atoms with Gasteiger partial charge in [0.05, 0.1) is 0 Å². The predicted octanol–water partition coefficient (Wildman–Crippen LogP) is -2.13. The number of likely N-dealkylation sites (N-methyl/N-ethyl adjacent to an activating group) is 1. The van der Waals surface area contributed by atoms with Crippen LogP contribution >= 0.6 is 0 Å². The molecule has 0 bridgehead atoms. The third kappa shape index (κ3) is 1.94. The van der Waals surface area contributed by atoms with Crippen LogP contribution in [0.25, 0.3) is 0 Å². The largest absolute Gasteiger partial charge is 0.348 e. The Bertz CT molecular complexity index is 391. The highest BCUT2D eigenvalue weighted by Crippen LogP contribution is 2.05. The lowest BCUT2D eigenvalue weighted by molar-refractivity contribution is -0.491. The van der Waals surface area contributed by atoms with Gasteiger partial charge in [0.15, 0.2) is 0 Å². The molecule has 0 saturated carbocycles. The van der Waals surface area contributed by atoms with E-state index in [-0.39, 0.29) is 6.41 Å². The van der Waals surface area contributed by atoms with E-state index in [4.69, 9.17) is 0 Å². The van der Waals surface area contributed by atoms with E-state index in [2.05, 4.69) is 5.10 Å². The Morgan fingerprint density at radius 1 is 1.62 bits per heavy atom. The lowest BCUT2D eigenvalue weighted by atomic mass is 10.2. The first kappa shape index (κ1) is 11.6. The molecule has 2 N–H and O–H groups in total. The van der Waals surface area contributed by atoms with E-state index in [1.807, 2.05) is 5.32 Å². The maximum Gasteiger partial charge on any atom is 0.348 e. The van der Waals surface area contributed by atoms with Crippen molar-refractivity contribution in [3.63, 3.8) is 0 Å². The molecule has 0 aromatic rings. The number of nitro groups is 1. The van der Waals surface area contributed by atoms with Gasteiger partial charge < -0.3 is 0 Å². The summed E-state index contributed by atoms with van der Waals surface area (Å²) in [7, 11) is 1.10. The quantitative estimate of drug-likeness (QED) is 0.324. The van der Waals surface area contributed by atoms with E-state index < -0.39 is 28.7 Å². The van der Waals surface area contributed by atoms with Crippen molar-refractivity contribution in [1.29, 1.82) is 0 Å². The Labute approximate surface area is 88.4 Å². The molecule has 10 heteroatoms. The number of urea groups is 1. The molecule has 86 valence electrons. The summed E-state index contributed by atoms with van der Waals surface area (Å²) in [6, 6.07) is -2.68. The number of hydrogen-bond acceptors (Lipinski definition) is 6.